The van der Waals surface area contributed by atoms with E-state index in [1.165, 1.54) is 5.56 Å². The maximum atomic E-state index is 6.00. The van der Waals surface area contributed by atoms with E-state index in [0.717, 1.165) is 15.4 Å². The molecule has 3 heteroatoms. The molecular weight excluding hydrogens is 249 g/mol. The number of rotatable bonds is 0. The number of nitrogens with zero attached hydrogens (tertiary/aromatic N) is 1. The Morgan fingerprint density at radius 1 is 1.38 bits per heavy atom. The van der Waals surface area contributed by atoms with Gasteiger partial charge in [0.15, 0.2) is 0 Å². The number of hydrogen-bond donors (Lipinski definition) is 0. The lowest BCUT2D eigenvalue weighted by molar-refractivity contribution is 1.34. The van der Waals surface area contributed by atoms with Crippen LogP contribution in [0.5, 0.6) is 0 Å². The number of aromatic nitrogens is 1. The van der Waals surface area contributed by atoms with Gasteiger partial charge in [0.25, 0.3) is 0 Å². The van der Waals surface area contributed by atoms with Crippen LogP contribution in [-0.2, 0) is 0 Å². The normalized spacial score (nSPS) is 10.7. The van der Waals surface area contributed by atoms with E-state index in [1.807, 2.05) is 25.1 Å². The maximum absolute atomic E-state index is 6.00. The molecule has 0 fully saturated rings. The number of fused-ring (bicyclic) bond motifs is 1. The number of benzene rings is 1. The van der Waals surface area contributed by atoms with Gasteiger partial charge in [-0.2, -0.15) is 0 Å². The molecule has 0 aliphatic carbocycles. The molecule has 2 aromatic rings. The number of aryl methyl sites for hydroxylation is 1. The number of para-hydroxylation sites is 1. The topological polar surface area (TPSA) is 12.9 Å². The van der Waals surface area contributed by atoms with Gasteiger partial charge in [0, 0.05) is 16.1 Å². The molecule has 0 aliphatic rings. The first-order chi connectivity index (χ1) is 6.20. The van der Waals surface area contributed by atoms with Crippen LogP contribution in [0.2, 0.25) is 5.02 Å². The highest BCUT2D eigenvalue weighted by Gasteiger charge is 2.04. The molecule has 0 radical (unpaired) electrons. The fourth-order valence-electron chi connectivity index (χ4n) is 1.30. The summed E-state index contributed by atoms with van der Waals surface area (Å²) in [6.45, 7) is 2.05. The summed E-state index contributed by atoms with van der Waals surface area (Å²) in [7, 11) is 0. The minimum Gasteiger partial charge on any atom is -0.253 e. The molecule has 0 unspecified atom stereocenters. The lowest BCUT2D eigenvalue weighted by Gasteiger charge is -2.04. The van der Waals surface area contributed by atoms with Gasteiger partial charge < -0.3 is 0 Å². The van der Waals surface area contributed by atoms with Crippen molar-refractivity contribution in [1.29, 1.82) is 0 Å². The second-order valence-corrected chi connectivity index (χ2v) is 4.13. The summed E-state index contributed by atoms with van der Waals surface area (Å²) in [6.07, 6.45) is 1.78. The summed E-state index contributed by atoms with van der Waals surface area (Å²) in [5.41, 5.74) is 2.04. The van der Waals surface area contributed by atoms with E-state index in [1.54, 1.807) is 6.20 Å². The number of hydrogen-bond acceptors (Lipinski definition) is 1. The van der Waals surface area contributed by atoms with Crippen LogP contribution in [0.15, 0.2) is 28.9 Å². The van der Waals surface area contributed by atoms with E-state index >= 15 is 0 Å². The zero-order chi connectivity index (χ0) is 9.42. The average molecular weight is 257 g/mol. The molecule has 0 amide bonds. The van der Waals surface area contributed by atoms with Crippen LogP contribution in [0.4, 0.5) is 0 Å². The third-order valence-corrected chi connectivity index (χ3v) is 3.16. The van der Waals surface area contributed by atoms with Gasteiger partial charge in [0.05, 0.1) is 10.5 Å². The minimum absolute atomic E-state index is 0.702. The van der Waals surface area contributed by atoms with Gasteiger partial charge >= 0.3 is 0 Å². The second-order valence-electron chi connectivity index (χ2n) is 2.87. The molecule has 1 nitrogen and oxygen atoms in total. The SMILES string of the molecule is Cc1c(Br)cnc2c(Cl)cccc12. The van der Waals surface area contributed by atoms with Gasteiger partial charge in [0.1, 0.15) is 0 Å². The summed E-state index contributed by atoms with van der Waals surface area (Å²) in [6, 6.07) is 5.81. The van der Waals surface area contributed by atoms with E-state index in [4.69, 9.17) is 11.6 Å². The molecule has 0 saturated heterocycles. The van der Waals surface area contributed by atoms with E-state index in [-0.39, 0.29) is 0 Å². The molecule has 13 heavy (non-hydrogen) atoms. The first-order valence-electron chi connectivity index (χ1n) is 3.89. The summed E-state index contributed by atoms with van der Waals surface area (Å²) < 4.78 is 1.02. The maximum Gasteiger partial charge on any atom is 0.0891 e. The average Bonchev–Trinajstić information content (AvgIpc) is 2.12. The van der Waals surface area contributed by atoms with Crippen LogP contribution in [0.3, 0.4) is 0 Å². The van der Waals surface area contributed by atoms with Crippen molar-refractivity contribution < 1.29 is 0 Å². The van der Waals surface area contributed by atoms with Crippen molar-refractivity contribution in [2.45, 2.75) is 6.92 Å². The van der Waals surface area contributed by atoms with Crippen molar-refractivity contribution in [2.75, 3.05) is 0 Å². The fourth-order valence-corrected chi connectivity index (χ4v) is 1.84. The molecule has 2 rings (SSSR count). The van der Waals surface area contributed by atoms with Gasteiger partial charge in [0.2, 0.25) is 0 Å². The molecule has 0 atom stereocenters. The van der Waals surface area contributed by atoms with Crippen LogP contribution >= 0.6 is 27.5 Å². The molecule has 1 heterocycles. The Labute approximate surface area is 89.9 Å². The summed E-state index contributed by atoms with van der Waals surface area (Å²) in [5, 5.41) is 1.80. The van der Waals surface area contributed by atoms with Crippen LogP contribution in [0.1, 0.15) is 5.56 Å². The molecule has 1 aromatic heterocycles. The Bertz CT molecular complexity index is 468. The third-order valence-electron chi connectivity index (χ3n) is 2.06. The highest BCUT2D eigenvalue weighted by atomic mass is 79.9. The summed E-state index contributed by atoms with van der Waals surface area (Å²) in [5.74, 6) is 0. The van der Waals surface area contributed by atoms with E-state index < -0.39 is 0 Å². The predicted molar refractivity (Wildman–Crippen MR) is 59.2 cm³/mol. The molecule has 66 valence electrons. The van der Waals surface area contributed by atoms with E-state index in [2.05, 4.69) is 20.9 Å². The first-order valence-corrected chi connectivity index (χ1v) is 5.06. The molecule has 0 N–H and O–H groups in total. The summed E-state index contributed by atoms with van der Waals surface area (Å²) >= 11 is 9.44. The highest BCUT2D eigenvalue weighted by molar-refractivity contribution is 9.10. The van der Waals surface area contributed by atoms with Gasteiger partial charge in [-0.1, -0.05) is 23.7 Å². The predicted octanol–water partition coefficient (Wildman–Crippen LogP) is 3.96. The van der Waals surface area contributed by atoms with Crippen LogP contribution in [0.25, 0.3) is 10.9 Å². The Morgan fingerprint density at radius 3 is 2.92 bits per heavy atom. The Balaban J connectivity index is 2.94. The van der Waals surface area contributed by atoms with Gasteiger partial charge in [-0.3, -0.25) is 4.98 Å². The fraction of sp³-hybridized carbons (Fsp3) is 0.100. The lowest BCUT2D eigenvalue weighted by atomic mass is 10.1. The van der Waals surface area contributed by atoms with Crippen LogP contribution in [0, 0.1) is 6.92 Å². The highest BCUT2D eigenvalue weighted by Crippen LogP contribution is 2.27. The zero-order valence-corrected chi connectivity index (χ0v) is 9.35. The molecule has 0 saturated carbocycles. The van der Waals surface area contributed by atoms with Gasteiger partial charge in [-0.15, -0.1) is 0 Å². The van der Waals surface area contributed by atoms with Crippen molar-refractivity contribution in [1.82, 2.24) is 4.98 Å². The largest absolute Gasteiger partial charge is 0.253 e. The molecule has 0 aliphatic heterocycles. The van der Waals surface area contributed by atoms with Gasteiger partial charge in [-0.05, 0) is 34.5 Å². The van der Waals surface area contributed by atoms with Crippen molar-refractivity contribution in [3.05, 3.63) is 39.5 Å². The quantitative estimate of drug-likeness (QED) is 0.695. The van der Waals surface area contributed by atoms with Crippen molar-refractivity contribution >= 4 is 38.4 Å². The van der Waals surface area contributed by atoms with Crippen molar-refractivity contribution in [3.63, 3.8) is 0 Å². The zero-order valence-electron chi connectivity index (χ0n) is 7.01. The molecular formula is C10H7BrClN. The lowest BCUT2D eigenvalue weighted by Crippen LogP contribution is -1.85. The smallest absolute Gasteiger partial charge is 0.0891 e. The Hall–Kier alpha value is -0.600. The van der Waals surface area contributed by atoms with E-state index in [9.17, 15) is 0 Å². The number of halogens is 2. The van der Waals surface area contributed by atoms with Gasteiger partial charge in [-0.25, -0.2) is 0 Å². The Morgan fingerprint density at radius 2 is 2.15 bits per heavy atom. The van der Waals surface area contributed by atoms with Crippen molar-refractivity contribution in [3.8, 4) is 0 Å². The van der Waals surface area contributed by atoms with Crippen LogP contribution < -0.4 is 0 Å². The molecule has 0 bridgehead atoms. The Kier molecular flexibility index (Phi) is 2.26. The number of pyridine rings is 1. The standard InChI is InChI=1S/C10H7BrClN/c1-6-7-3-2-4-9(12)10(7)13-5-8(6)11/h2-5H,1H3. The summed E-state index contributed by atoms with van der Waals surface area (Å²) in [4.78, 5) is 4.26. The van der Waals surface area contributed by atoms with Crippen LogP contribution in [-0.4, -0.2) is 4.98 Å². The van der Waals surface area contributed by atoms with Crippen molar-refractivity contribution in [2.24, 2.45) is 0 Å². The van der Waals surface area contributed by atoms with E-state index in [0.29, 0.717) is 5.02 Å². The minimum atomic E-state index is 0.702. The molecule has 0 spiro atoms. The monoisotopic (exact) mass is 255 g/mol. The first kappa shape index (κ1) is 8.97. The second kappa shape index (κ2) is 3.28. The molecule has 1 aromatic carbocycles. The third kappa shape index (κ3) is 1.45.